The number of hydrogen-bond donors (Lipinski definition) is 1. The lowest BCUT2D eigenvalue weighted by Gasteiger charge is -2.37. The van der Waals surface area contributed by atoms with Crippen molar-refractivity contribution in [1.82, 2.24) is 4.67 Å². The van der Waals surface area contributed by atoms with Crippen LogP contribution in [0.25, 0.3) is 0 Å². The average molecular weight is 290 g/mol. The highest BCUT2D eigenvalue weighted by Crippen LogP contribution is 2.45. The molecule has 0 bridgehead atoms. The van der Waals surface area contributed by atoms with Crippen molar-refractivity contribution < 1.29 is 15.7 Å². The summed E-state index contributed by atoms with van der Waals surface area (Å²) in [7, 11) is 1.19. The summed E-state index contributed by atoms with van der Waals surface area (Å²) in [4.78, 5) is 0. The molecule has 0 spiro atoms. The van der Waals surface area contributed by atoms with Gasteiger partial charge in [0.25, 0.3) is 0 Å². The SMILES string of the molecule is [2H]C[C@H]1O[C@@H](B)[C@H](CO)C1OP(C)N(C(C)C)C(C)C. The summed E-state index contributed by atoms with van der Waals surface area (Å²) >= 11 is 0. The Bertz CT molecular complexity index is 291. The van der Waals surface area contributed by atoms with E-state index in [1.165, 1.54) is 0 Å². The molecule has 1 fully saturated rings. The zero-order valence-electron chi connectivity index (χ0n) is 14.0. The summed E-state index contributed by atoms with van der Waals surface area (Å²) in [6, 6.07) is 0.774. The highest BCUT2D eigenvalue weighted by molar-refractivity contribution is 7.49. The molecule has 6 heteroatoms. The summed E-state index contributed by atoms with van der Waals surface area (Å²) in [6.07, 6.45) is -0.406. The van der Waals surface area contributed by atoms with Crippen LogP contribution < -0.4 is 0 Å². The van der Waals surface area contributed by atoms with Crippen LogP contribution in [0, 0.1) is 5.92 Å². The maximum Gasteiger partial charge on any atom is 0.139 e. The van der Waals surface area contributed by atoms with Crippen LogP contribution in [0.4, 0.5) is 0 Å². The molecule has 0 aromatic carbocycles. The lowest BCUT2D eigenvalue weighted by molar-refractivity contribution is 0.0552. The van der Waals surface area contributed by atoms with E-state index in [4.69, 9.17) is 10.6 Å². The number of ether oxygens (including phenoxy) is 1. The van der Waals surface area contributed by atoms with Crippen LogP contribution in [0.5, 0.6) is 0 Å². The van der Waals surface area contributed by atoms with Crippen molar-refractivity contribution in [1.29, 1.82) is 0 Å². The zero-order valence-corrected chi connectivity index (χ0v) is 13.9. The van der Waals surface area contributed by atoms with Gasteiger partial charge in [-0.25, -0.2) is 0 Å². The van der Waals surface area contributed by atoms with Crippen LogP contribution in [0.15, 0.2) is 0 Å². The first-order valence-electron chi connectivity index (χ1n) is 7.78. The van der Waals surface area contributed by atoms with Gasteiger partial charge in [0, 0.05) is 25.4 Å². The molecule has 4 nitrogen and oxygen atoms in total. The van der Waals surface area contributed by atoms with E-state index in [0.717, 1.165) is 0 Å². The molecule has 1 aliphatic rings. The number of rotatable bonds is 6. The van der Waals surface area contributed by atoms with Crippen LogP contribution in [-0.4, -0.2) is 61.2 Å². The molecule has 0 amide bonds. The topological polar surface area (TPSA) is 41.9 Å². The van der Waals surface area contributed by atoms with E-state index in [0.29, 0.717) is 12.1 Å². The monoisotopic (exact) mass is 290 g/mol. The Morgan fingerprint density at radius 2 is 2.00 bits per heavy atom. The summed E-state index contributed by atoms with van der Waals surface area (Å²) in [5.41, 5.74) is 0. The molecule has 0 radical (unpaired) electrons. The molecule has 0 aromatic heterocycles. The van der Waals surface area contributed by atoms with Crippen molar-refractivity contribution in [2.45, 2.75) is 64.9 Å². The number of aliphatic hydroxyl groups is 1. The Labute approximate surface area is 121 Å². The first-order chi connectivity index (χ1) is 9.33. The first kappa shape index (κ1) is 15.7. The van der Waals surface area contributed by atoms with Gasteiger partial charge in [-0.1, -0.05) is 0 Å². The highest BCUT2D eigenvalue weighted by atomic mass is 31.2. The summed E-state index contributed by atoms with van der Waals surface area (Å²) in [6.45, 7) is 11.0. The Morgan fingerprint density at radius 1 is 1.42 bits per heavy atom. The van der Waals surface area contributed by atoms with Crippen LogP contribution in [0.2, 0.25) is 0 Å². The van der Waals surface area contributed by atoms with Gasteiger partial charge in [0.05, 0.1) is 18.8 Å². The third-order valence-electron chi connectivity index (χ3n) is 3.65. The molecular formula is C13H29BNO3P. The van der Waals surface area contributed by atoms with E-state index < -0.39 is 8.30 Å². The molecule has 1 rings (SSSR count). The van der Waals surface area contributed by atoms with E-state index in [-0.39, 0.29) is 37.6 Å². The van der Waals surface area contributed by atoms with Gasteiger partial charge in [-0.15, -0.1) is 0 Å². The molecular weight excluding hydrogens is 260 g/mol. The quantitative estimate of drug-likeness (QED) is 0.593. The molecule has 1 aliphatic heterocycles. The Balaban J connectivity index is 2.77. The minimum Gasteiger partial charge on any atom is -0.396 e. The molecule has 2 unspecified atom stereocenters. The summed E-state index contributed by atoms with van der Waals surface area (Å²) < 4.78 is 22.0. The maximum absolute atomic E-state index is 9.56. The van der Waals surface area contributed by atoms with Crippen LogP contribution >= 0.6 is 8.30 Å². The summed E-state index contributed by atoms with van der Waals surface area (Å²) in [5.74, 6) is -0.0310. The van der Waals surface area contributed by atoms with E-state index in [2.05, 4.69) is 39.0 Å². The molecule has 0 saturated carbocycles. The van der Waals surface area contributed by atoms with Crippen molar-refractivity contribution in [2.75, 3.05) is 13.3 Å². The van der Waals surface area contributed by atoms with Gasteiger partial charge in [0.15, 0.2) is 0 Å². The highest BCUT2D eigenvalue weighted by Gasteiger charge is 2.42. The predicted molar refractivity (Wildman–Crippen MR) is 83.3 cm³/mol. The lowest BCUT2D eigenvalue weighted by Crippen LogP contribution is -2.37. The molecule has 19 heavy (non-hydrogen) atoms. The third-order valence-corrected chi connectivity index (χ3v) is 5.77. The lowest BCUT2D eigenvalue weighted by atomic mass is 9.85. The van der Waals surface area contributed by atoms with E-state index in [1.807, 2.05) is 7.85 Å². The van der Waals surface area contributed by atoms with Crippen LogP contribution in [0.3, 0.4) is 0 Å². The molecule has 1 N–H and O–H groups in total. The Kier molecular flexibility index (Phi) is 6.10. The van der Waals surface area contributed by atoms with Gasteiger partial charge in [-0.05, 0) is 41.3 Å². The first-order valence-corrected chi connectivity index (χ1v) is 8.73. The minimum absolute atomic E-state index is 0.0310. The van der Waals surface area contributed by atoms with Crippen molar-refractivity contribution >= 4 is 16.1 Å². The number of hydrogen-bond acceptors (Lipinski definition) is 4. The second kappa shape index (κ2) is 7.37. The standard InChI is InChI=1S/C13H29BNO3P/c1-8(2)15(9(3)4)19(6)18-12-10(5)17-13(14)11(12)7-16/h8-13,16H,7,14H2,1-6H3/t10-,11-,12?,13-,19?/m1/s1/i5D. The second-order valence-electron chi connectivity index (χ2n) is 5.83. The minimum atomic E-state index is -0.759. The Hall–Kier alpha value is 0.335. The van der Waals surface area contributed by atoms with E-state index in [9.17, 15) is 5.11 Å². The van der Waals surface area contributed by atoms with Crippen LogP contribution in [-0.2, 0) is 9.26 Å². The van der Waals surface area contributed by atoms with Gasteiger partial charge < -0.3 is 14.4 Å². The van der Waals surface area contributed by atoms with Gasteiger partial charge in [-0.3, -0.25) is 4.67 Å². The Morgan fingerprint density at radius 3 is 2.42 bits per heavy atom. The molecule has 112 valence electrons. The number of nitrogens with zero attached hydrogens (tertiary/aromatic N) is 1. The normalized spacial score (nSPS) is 34.3. The average Bonchev–Trinajstić information content (AvgIpc) is 2.63. The van der Waals surface area contributed by atoms with Crippen molar-refractivity contribution in [2.24, 2.45) is 5.92 Å². The second-order valence-corrected chi connectivity index (χ2v) is 7.43. The fourth-order valence-electron chi connectivity index (χ4n) is 2.87. The summed E-state index contributed by atoms with van der Waals surface area (Å²) in [5, 5.41) is 9.56. The molecule has 5 atom stereocenters. The fraction of sp³-hybridized carbons (Fsp3) is 1.00. The van der Waals surface area contributed by atoms with E-state index >= 15 is 0 Å². The molecule has 0 aliphatic carbocycles. The molecule has 1 saturated heterocycles. The van der Waals surface area contributed by atoms with Crippen molar-refractivity contribution in [3.63, 3.8) is 0 Å². The zero-order chi connectivity index (χ0) is 15.4. The van der Waals surface area contributed by atoms with Gasteiger partial charge in [0.1, 0.15) is 16.1 Å². The van der Waals surface area contributed by atoms with Gasteiger partial charge in [-0.2, -0.15) is 0 Å². The fourth-order valence-corrected chi connectivity index (χ4v) is 4.93. The maximum atomic E-state index is 9.56. The smallest absolute Gasteiger partial charge is 0.139 e. The van der Waals surface area contributed by atoms with E-state index in [1.54, 1.807) is 0 Å². The number of aliphatic hydroxyl groups excluding tert-OH is 1. The van der Waals surface area contributed by atoms with Gasteiger partial charge in [0.2, 0.25) is 0 Å². The third kappa shape index (κ3) is 4.15. The van der Waals surface area contributed by atoms with Crippen molar-refractivity contribution in [3.8, 4) is 0 Å². The molecule has 1 heterocycles. The largest absolute Gasteiger partial charge is 0.396 e. The predicted octanol–water partition coefficient (Wildman–Crippen LogP) is 1.42. The van der Waals surface area contributed by atoms with Crippen molar-refractivity contribution in [3.05, 3.63) is 0 Å². The van der Waals surface area contributed by atoms with Gasteiger partial charge >= 0.3 is 0 Å². The molecule has 0 aromatic rings. The van der Waals surface area contributed by atoms with Crippen LogP contribution in [0.1, 0.15) is 36.0 Å².